The molecule has 0 aliphatic carbocycles. The molecule has 0 aromatic rings. The predicted molar refractivity (Wildman–Crippen MR) is 55.7 cm³/mol. The average Bonchev–Trinajstić information content (AvgIpc) is 2.00. The van der Waals surface area contributed by atoms with E-state index < -0.39 is 0 Å². The Labute approximate surface area is 81.3 Å². The van der Waals surface area contributed by atoms with Gasteiger partial charge in [-0.15, -0.1) is 0 Å². The molecule has 0 spiro atoms. The number of carbonyl (C=O) groups excluding carboxylic acids is 1. The Kier molecular flexibility index (Phi) is 6.59. The molecule has 0 heterocycles. The monoisotopic (exact) mass is 186 g/mol. The fourth-order valence-corrected chi connectivity index (χ4v) is 1.18. The zero-order chi connectivity index (χ0) is 10.3. The Morgan fingerprint density at radius 1 is 1.31 bits per heavy atom. The Balaban J connectivity index is 3.46. The van der Waals surface area contributed by atoms with Crippen molar-refractivity contribution < 1.29 is 4.79 Å². The van der Waals surface area contributed by atoms with E-state index in [0.717, 1.165) is 12.8 Å². The Morgan fingerprint density at radius 3 is 2.38 bits per heavy atom. The summed E-state index contributed by atoms with van der Waals surface area (Å²) in [5.41, 5.74) is 0. The maximum absolute atomic E-state index is 11.2. The average molecular weight is 186 g/mol. The number of hydrogen-bond acceptors (Lipinski definition) is 2. The van der Waals surface area contributed by atoms with Crippen LogP contribution in [0.5, 0.6) is 0 Å². The van der Waals surface area contributed by atoms with Crippen LogP contribution in [-0.2, 0) is 4.79 Å². The van der Waals surface area contributed by atoms with Crippen molar-refractivity contribution in [2.45, 2.75) is 52.6 Å². The summed E-state index contributed by atoms with van der Waals surface area (Å²) >= 11 is 0. The lowest BCUT2D eigenvalue weighted by Crippen LogP contribution is -2.40. The van der Waals surface area contributed by atoms with E-state index in [1.54, 1.807) is 0 Å². The SMILES string of the molecule is CCCC(C)NCC(=O)NC(C)C. The lowest BCUT2D eigenvalue weighted by Gasteiger charge is -2.13. The van der Waals surface area contributed by atoms with Crippen LogP contribution in [-0.4, -0.2) is 24.5 Å². The second-order valence-electron chi connectivity index (χ2n) is 3.79. The quantitative estimate of drug-likeness (QED) is 0.656. The molecule has 3 heteroatoms. The molecule has 0 aromatic carbocycles. The van der Waals surface area contributed by atoms with E-state index in [1.807, 2.05) is 13.8 Å². The first-order valence-corrected chi connectivity index (χ1v) is 5.09. The van der Waals surface area contributed by atoms with Crippen molar-refractivity contribution in [3.63, 3.8) is 0 Å². The minimum absolute atomic E-state index is 0.0814. The highest BCUT2D eigenvalue weighted by molar-refractivity contribution is 5.78. The van der Waals surface area contributed by atoms with Gasteiger partial charge in [0.15, 0.2) is 0 Å². The van der Waals surface area contributed by atoms with Crippen LogP contribution in [0, 0.1) is 0 Å². The molecule has 0 fully saturated rings. The number of rotatable bonds is 6. The molecular weight excluding hydrogens is 164 g/mol. The van der Waals surface area contributed by atoms with Crippen LogP contribution in [0.1, 0.15) is 40.5 Å². The van der Waals surface area contributed by atoms with E-state index in [0.29, 0.717) is 12.6 Å². The maximum Gasteiger partial charge on any atom is 0.234 e. The second kappa shape index (κ2) is 6.89. The number of nitrogens with one attached hydrogen (secondary N) is 2. The van der Waals surface area contributed by atoms with Crippen molar-refractivity contribution >= 4 is 5.91 Å². The smallest absolute Gasteiger partial charge is 0.234 e. The van der Waals surface area contributed by atoms with Gasteiger partial charge in [-0.05, 0) is 27.2 Å². The van der Waals surface area contributed by atoms with Gasteiger partial charge >= 0.3 is 0 Å². The molecule has 1 amide bonds. The van der Waals surface area contributed by atoms with Gasteiger partial charge in [-0.1, -0.05) is 13.3 Å². The highest BCUT2D eigenvalue weighted by Crippen LogP contribution is 1.93. The molecule has 2 N–H and O–H groups in total. The van der Waals surface area contributed by atoms with Crippen molar-refractivity contribution in [2.24, 2.45) is 0 Å². The molecule has 13 heavy (non-hydrogen) atoms. The molecule has 0 bridgehead atoms. The molecule has 0 saturated heterocycles. The standard InChI is InChI=1S/C10H22N2O/c1-5-6-9(4)11-7-10(13)12-8(2)3/h8-9,11H,5-7H2,1-4H3,(H,12,13). The molecule has 0 radical (unpaired) electrons. The van der Waals surface area contributed by atoms with Gasteiger partial charge in [-0.2, -0.15) is 0 Å². The van der Waals surface area contributed by atoms with Crippen LogP contribution < -0.4 is 10.6 Å². The van der Waals surface area contributed by atoms with E-state index in [2.05, 4.69) is 24.5 Å². The molecular formula is C10H22N2O. The largest absolute Gasteiger partial charge is 0.353 e. The number of hydrogen-bond donors (Lipinski definition) is 2. The molecule has 1 atom stereocenters. The fraction of sp³-hybridized carbons (Fsp3) is 0.900. The van der Waals surface area contributed by atoms with Crippen molar-refractivity contribution in [2.75, 3.05) is 6.54 Å². The second-order valence-corrected chi connectivity index (χ2v) is 3.79. The number of carbonyl (C=O) groups is 1. The maximum atomic E-state index is 11.2. The summed E-state index contributed by atoms with van der Waals surface area (Å²) in [7, 11) is 0. The lowest BCUT2D eigenvalue weighted by molar-refractivity contribution is -0.120. The topological polar surface area (TPSA) is 41.1 Å². The van der Waals surface area contributed by atoms with Gasteiger partial charge in [-0.3, -0.25) is 4.79 Å². The third kappa shape index (κ3) is 7.78. The van der Waals surface area contributed by atoms with Gasteiger partial charge < -0.3 is 10.6 Å². The summed E-state index contributed by atoms with van der Waals surface area (Å²) in [5, 5.41) is 6.02. The fourth-order valence-electron chi connectivity index (χ4n) is 1.18. The van der Waals surface area contributed by atoms with E-state index in [4.69, 9.17) is 0 Å². The highest BCUT2D eigenvalue weighted by atomic mass is 16.1. The molecule has 0 rings (SSSR count). The lowest BCUT2D eigenvalue weighted by atomic mass is 10.2. The van der Waals surface area contributed by atoms with Crippen LogP contribution >= 0.6 is 0 Å². The van der Waals surface area contributed by atoms with Crippen molar-refractivity contribution in [1.29, 1.82) is 0 Å². The summed E-state index contributed by atoms with van der Waals surface area (Å²) in [6.07, 6.45) is 2.27. The molecule has 0 aromatic heterocycles. The van der Waals surface area contributed by atoms with Crippen LogP contribution in [0.15, 0.2) is 0 Å². The molecule has 3 nitrogen and oxygen atoms in total. The van der Waals surface area contributed by atoms with E-state index >= 15 is 0 Å². The van der Waals surface area contributed by atoms with Gasteiger partial charge in [0.25, 0.3) is 0 Å². The Morgan fingerprint density at radius 2 is 1.92 bits per heavy atom. The summed E-state index contributed by atoms with van der Waals surface area (Å²) in [5.74, 6) is 0.0814. The van der Waals surface area contributed by atoms with Crippen LogP contribution in [0.25, 0.3) is 0 Å². The van der Waals surface area contributed by atoms with Crippen LogP contribution in [0.3, 0.4) is 0 Å². The van der Waals surface area contributed by atoms with Crippen molar-refractivity contribution in [3.05, 3.63) is 0 Å². The molecule has 78 valence electrons. The minimum atomic E-state index is 0.0814. The van der Waals surface area contributed by atoms with Gasteiger partial charge in [0.05, 0.1) is 6.54 Å². The van der Waals surface area contributed by atoms with Gasteiger partial charge in [-0.25, -0.2) is 0 Å². The molecule has 0 aliphatic rings. The first-order valence-electron chi connectivity index (χ1n) is 5.09. The number of amides is 1. The van der Waals surface area contributed by atoms with Crippen molar-refractivity contribution in [3.8, 4) is 0 Å². The van der Waals surface area contributed by atoms with Gasteiger partial charge in [0.2, 0.25) is 5.91 Å². The zero-order valence-electron chi connectivity index (χ0n) is 9.18. The van der Waals surface area contributed by atoms with E-state index in [1.165, 1.54) is 0 Å². The Hall–Kier alpha value is -0.570. The van der Waals surface area contributed by atoms with E-state index in [9.17, 15) is 4.79 Å². The van der Waals surface area contributed by atoms with Crippen molar-refractivity contribution in [1.82, 2.24) is 10.6 Å². The first-order chi connectivity index (χ1) is 6.06. The summed E-state index contributed by atoms with van der Waals surface area (Å²) < 4.78 is 0. The van der Waals surface area contributed by atoms with Crippen LogP contribution in [0.4, 0.5) is 0 Å². The zero-order valence-corrected chi connectivity index (χ0v) is 9.18. The Bertz CT molecular complexity index is 146. The highest BCUT2D eigenvalue weighted by Gasteiger charge is 2.04. The molecule has 0 saturated carbocycles. The van der Waals surface area contributed by atoms with Gasteiger partial charge in [0.1, 0.15) is 0 Å². The van der Waals surface area contributed by atoms with Crippen LogP contribution in [0.2, 0.25) is 0 Å². The minimum Gasteiger partial charge on any atom is -0.353 e. The predicted octanol–water partition coefficient (Wildman–Crippen LogP) is 1.29. The first kappa shape index (κ1) is 12.4. The third-order valence-electron chi connectivity index (χ3n) is 1.78. The molecule has 0 aliphatic heterocycles. The summed E-state index contributed by atoms with van der Waals surface area (Å²) in [6.45, 7) is 8.61. The summed E-state index contributed by atoms with van der Waals surface area (Å²) in [6, 6.07) is 0.665. The van der Waals surface area contributed by atoms with Gasteiger partial charge in [0, 0.05) is 12.1 Å². The van der Waals surface area contributed by atoms with E-state index in [-0.39, 0.29) is 11.9 Å². The molecule has 1 unspecified atom stereocenters. The third-order valence-corrected chi connectivity index (χ3v) is 1.78. The summed E-state index contributed by atoms with van der Waals surface area (Å²) in [4.78, 5) is 11.2. The normalized spacial score (nSPS) is 13.0.